The Morgan fingerprint density at radius 2 is 2.09 bits per heavy atom. The number of aryl methyl sites for hydroxylation is 1. The summed E-state index contributed by atoms with van der Waals surface area (Å²) in [7, 11) is 0. The zero-order valence-electron chi connectivity index (χ0n) is 13.1. The van der Waals surface area contributed by atoms with E-state index in [0.29, 0.717) is 17.5 Å². The molecule has 1 saturated heterocycles. The van der Waals surface area contributed by atoms with Gasteiger partial charge in [-0.25, -0.2) is 0 Å². The molecule has 2 aromatic rings. The maximum Gasteiger partial charge on any atom is 0.291 e. The lowest BCUT2D eigenvalue weighted by atomic mass is 10.1. The number of thioether (sulfide) groups is 1. The van der Waals surface area contributed by atoms with E-state index >= 15 is 0 Å². The Morgan fingerprint density at radius 3 is 2.78 bits per heavy atom. The van der Waals surface area contributed by atoms with Crippen LogP contribution in [0.3, 0.4) is 0 Å². The molecule has 0 atom stereocenters. The van der Waals surface area contributed by atoms with Crippen LogP contribution in [0.4, 0.5) is 4.79 Å². The van der Waals surface area contributed by atoms with E-state index in [0.717, 1.165) is 29.4 Å². The third kappa shape index (κ3) is 3.40. The molecule has 3 rings (SSSR count). The molecule has 5 heteroatoms. The standard InChI is InChI=1S/C18H18N2O2S/c1-12(2)5-4-9-20-10-8-14-13(6-3-7-16(14)20)11-15-17(21)23-18(22)19-15/h3,5-8,10-11H,4,9H2,1-2H3,(H,19,22). The van der Waals surface area contributed by atoms with Gasteiger partial charge in [0.05, 0.1) is 5.70 Å². The number of hydrogen-bond acceptors (Lipinski definition) is 3. The van der Waals surface area contributed by atoms with Gasteiger partial charge in [-0.05, 0) is 44.0 Å². The normalized spacial score (nSPS) is 16.2. The maximum absolute atomic E-state index is 11.7. The number of rotatable bonds is 4. The summed E-state index contributed by atoms with van der Waals surface area (Å²) in [5.74, 6) is 0. The summed E-state index contributed by atoms with van der Waals surface area (Å²) >= 11 is 0.703. The van der Waals surface area contributed by atoms with Gasteiger partial charge in [0.25, 0.3) is 5.24 Å². The Kier molecular flexibility index (Phi) is 4.39. The summed E-state index contributed by atoms with van der Waals surface area (Å²) in [6.45, 7) is 5.12. The van der Waals surface area contributed by atoms with Crippen molar-refractivity contribution in [1.29, 1.82) is 0 Å². The molecule has 1 aliphatic heterocycles. The average Bonchev–Trinajstić information content (AvgIpc) is 3.03. The molecule has 4 nitrogen and oxygen atoms in total. The number of carbonyl (C=O) groups is 2. The van der Waals surface area contributed by atoms with Crippen LogP contribution >= 0.6 is 11.8 Å². The number of benzene rings is 1. The molecule has 0 aliphatic carbocycles. The van der Waals surface area contributed by atoms with Crippen molar-refractivity contribution in [1.82, 2.24) is 9.88 Å². The molecule has 1 fully saturated rings. The number of hydrogen-bond donors (Lipinski definition) is 1. The molecular formula is C18H18N2O2S. The number of aromatic nitrogens is 1. The largest absolute Gasteiger partial charge is 0.347 e. The zero-order valence-corrected chi connectivity index (χ0v) is 13.9. The minimum absolute atomic E-state index is 0.227. The van der Waals surface area contributed by atoms with Gasteiger partial charge in [0.15, 0.2) is 0 Å². The van der Waals surface area contributed by atoms with Crippen LogP contribution in [-0.2, 0) is 11.3 Å². The maximum atomic E-state index is 11.7. The van der Waals surface area contributed by atoms with Gasteiger partial charge in [-0.3, -0.25) is 9.59 Å². The second-order valence-electron chi connectivity index (χ2n) is 5.72. The fourth-order valence-corrected chi connectivity index (χ4v) is 3.19. The average molecular weight is 326 g/mol. The summed E-state index contributed by atoms with van der Waals surface area (Å²) in [6, 6.07) is 8.06. The van der Waals surface area contributed by atoms with Gasteiger partial charge >= 0.3 is 0 Å². The Balaban J connectivity index is 1.93. The van der Waals surface area contributed by atoms with Gasteiger partial charge in [-0.2, -0.15) is 0 Å². The Bertz CT molecular complexity index is 842. The van der Waals surface area contributed by atoms with Gasteiger partial charge in [0, 0.05) is 35.4 Å². The molecule has 118 valence electrons. The lowest BCUT2D eigenvalue weighted by molar-refractivity contribution is -0.107. The molecule has 1 amide bonds. The van der Waals surface area contributed by atoms with Crippen molar-refractivity contribution in [3.05, 3.63) is 53.4 Å². The van der Waals surface area contributed by atoms with Crippen LogP contribution in [0.2, 0.25) is 0 Å². The number of nitrogens with one attached hydrogen (secondary N) is 1. The van der Waals surface area contributed by atoms with Crippen molar-refractivity contribution in [3.63, 3.8) is 0 Å². The highest BCUT2D eigenvalue weighted by Gasteiger charge is 2.25. The molecule has 0 spiro atoms. The first kappa shape index (κ1) is 15.6. The fraction of sp³-hybridized carbons (Fsp3) is 0.222. The highest BCUT2D eigenvalue weighted by molar-refractivity contribution is 8.27. The highest BCUT2D eigenvalue weighted by Crippen LogP contribution is 2.26. The molecule has 0 saturated carbocycles. The predicted octanol–water partition coefficient (Wildman–Crippen LogP) is 4.32. The van der Waals surface area contributed by atoms with Crippen molar-refractivity contribution in [2.75, 3.05) is 0 Å². The molecule has 23 heavy (non-hydrogen) atoms. The van der Waals surface area contributed by atoms with E-state index in [1.807, 2.05) is 12.1 Å². The van der Waals surface area contributed by atoms with E-state index in [1.165, 1.54) is 5.57 Å². The van der Waals surface area contributed by atoms with Crippen molar-refractivity contribution in [3.8, 4) is 0 Å². The van der Waals surface area contributed by atoms with Gasteiger partial charge < -0.3 is 9.88 Å². The van der Waals surface area contributed by atoms with Crippen molar-refractivity contribution in [2.45, 2.75) is 26.8 Å². The first-order valence-corrected chi connectivity index (χ1v) is 8.32. The molecule has 1 N–H and O–H groups in total. The van der Waals surface area contributed by atoms with E-state index in [2.05, 4.69) is 48.1 Å². The molecule has 2 heterocycles. The van der Waals surface area contributed by atoms with Crippen LogP contribution in [0.15, 0.2) is 47.8 Å². The van der Waals surface area contributed by atoms with E-state index in [4.69, 9.17) is 0 Å². The lowest BCUT2D eigenvalue weighted by Gasteiger charge is -2.05. The number of fused-ring (bicyclic) bond motifs is 1. The SMILES string of the molecule is CC(C)=CCCn1ccc2c(C=C3NC(=O)SC3=O)cccc21. The number of carbonyl (C=O) groups excluding carboxylic acids is 2. The van der Waals surface area contributed by atoms with E-state index < -0.39 is 0 Å². The number of allylic oxidation sites excluding steroid dienone is 2. The van der Waals surface area contributed by atoms with E-state index in [-0.39, 0.29) is 10.4 Å². The van der Waals surface area contributed by atoms with Crippen molar-refractivity contribution < 1.29 is 9.59 Å². The molecule has 0 bridgehead atoms. The second-order valence-corrected chi connectivity index (χ2v) is 6.67. The van der Waals surface area contributed by atoms with Crippen LogP contribution in [0.1, 0.15) is 25.8 Å². The second kappa shape index (κ2) is 6.46. The predicted molar refractivity (Wildman–Crippen MR) is 95.1 cm³/mol. The molecule has 1 aliphatic rings. The third-order valence-corrected chi connectivity index (χ3v) is 4.40. The van der Waals surface area contributed by atoms with Crippen LogP contribution in [0.25, 0.3) is 17.0 Å². The molecule has 1 aromatic carbocycles. The summed E-state index contributed by atoms with van der Waals surface area (Å²) in [6.07, 6.45) is 7.03. The molecule has 1 aromatic heterocycles. The van der Waals surface area contributed by atoms with Crippen LogP contribution in [0, 0.1) is 0 Å². The summed E-state index contributed by atoms with van der Waals surface area (Å²) in [5.41, 5.74) is 3.74. The highest BCUT2D eigenvalue weighted by atomic mass is 32.2. The first-order chi connectivity index (χ1) is 11.0. The smallest absolute Gasteiger partial charge is 0.291 e. The minimum Gasteiger partial charge on any atom is -0.347 e. The van der Waals surface area contributed by atoms with E-state index in [9.17, 15) is 9.59 Å². The monoisotopic (exact) mass is 326 g/mol. The fourth-order valence-electron chi connectivity index (χ4n) is 2.64. The van der Waals surface area contributed by atoms with Crippen molar-refractivity contribution >= 4 is 39.1 Å². The van der Waals surface area contributed by atoms with Gasteiger partial charge in [-0.15, -0.1) is 0 Å². The molecule has 0 unspecified atom stereocenters. The topological polar surface area (TPSA) is 51.1 Å². The van der Waals surface area contributed by atoms with Crippen LogP contribution < -0.4 is 5.32 Å². The van der Waals surface area contributed by atoms with E-state index in [1.54, 1.807) is 6.08 Å². The molecular weight excluding hydrogens is 308 g/mol. The van der Waals surface area contributed by atoms with Gasteiger partial charge in [0.1, 0.15) is 0 Å². The zero-order chi connectivity index (χ0) is 16.4. The lowest BCUT2D eigenvalue weighted by Crippen LogP contribution is -2.10. The number of amides is 1. The van der Waals surface area contributed by atoms with Gasteiger partial charge in [-0.1, -0.05) is 23.8 Å². The van der Waals surface area contributed by atoms with Crippen LogP contribution in [-0.4, -0.2) is 14.9 Å². The van der Waals surface area contributed by atoms with Crippen LogP contribution in [0.5, 0.6) is 0 Å². The van der Waals surface area contributed by atoms with Gasteiger partial charge in [0.2, 0.25) is 5.12 Å². The summed E-state index contributed by atoms with van der Waals surface area (Å²) in [5, 5.41) is 3.13. The summed E-state index contributed by atoms with van der Waals surface area (Å²) in [4.78, 5) is 23.0. The quantitative estimate of drug-likeness (QED) is 0.672. The first-order valence-electron chi connectivity index (χ1n) is 7.50. The Labute approximate surface area is 139 Å². The Morgan fingerprint density at radius 1 is 1.26 bits per heavy atom. The summed E-state index contributed by atoms with van der Waals surface area (Å²) < 4.78 is 2.21. The number of nitrogens with zero attached hydrogens (tertiary/aromatic N) is 1. The van der Waals surface area contributed by atoms with Crippen molar-refractivity contribution in [2.24, 2.45) is 0 Å². The molecule has 0 radical (unpaired) electrons. The third-order valence-electron chi connectivity index (χ3n) is 3.71. The minimum atomic E-state index is -0.312. The Hall–Kier alpha value is -2.27.